The summed E-state index contributed by atoms with van der Waals surface area (Å²) in [7, 11) is 0. The Balaban J connectivity index is 1.80. The van der Waals surface area contributed by atoms with Gasteiger partial charge in [-0.2, -0.15) is 4.98 Å². The zero-order chi connectivity index (χ0) is 19.2. The van der Waals surface area contributed by atoms with Crippen LogP contribution < -0.4 is 10.6 Å². The number of aliphatic hydroxyl groups excluding tert-OH is 1. The molecule has 27 heavy (non-hydrogen) atoms. The summed E-state index contributed by atoms with van der Waals surface area (Å²) in [4.78, 5) is 13.0. The number of halogens is 2. The number of anilines is 2. The van der Waals surface area contributed by atoms with E-state index in [4.69, 9.17) is 0 Å². The Morgan fingerprint density at radius 1 is 1.19 bits per heavy atom. The lowest BCUT2D eigenvalue weighted by Crippen LogP contribution is -2.29. The highest BCUT2D eigenvalue weighted by Crippen LogP contribution is 2.28. The largest absolute Gasteiger partial charge is 0.393 e. The minimum Gasteiger partial charge on any atom is -0.393 e. The zero-order valence-corrected chi connectivity index (χ0v) is 15.3. The van der Waals surface area contributed by atoms with Crippen LogP contribution in [0.5, 0.6) is 0 Å². The second-order valence-corrected chi connectivity index (χ2v) is 6.90. The van der Waals surface area contributed by atoms with Crippen molar-refractivity contribution in [3.05, 3.63) is 30.6 Å². The monoisotopic (exact) mass is 377 g/mol. The van der Waals surface area contributed by atoms with E-state index in [9.17, 15) is 13.9 Å². The average molecular weight is 377 g/mol. The van der Waals surface area contributed by atoms with Crippen molar-refractivity contribution in [3.8, 4) is 11.3 Å². The van der Waals surface area contributed by atoms with Crippen LogP contribution in [0.1, 0.15) is 32.6 Å². The van der Waals surface area contributed by atoms with Gasteiger partial charge in [0.05, 0.1) is 23.9 Å². The van der Waals surface area contributed by atoms with Crippen LogP contribution in [0.4, 0.5) is 20.5 Å². The first-order valence-corrected chi connectivity index (χ1v) is 9.28. The molecule has 0 aromatic carbocycles. The second kappa shape index (κ2) is 9.03. The average Bonchev–Trinajstić information content (AvgIpc) is 2.68. The number of aromatic nitrogens is 3. The molecule has 8 heteroatoms. The molecule has 0 saturated heterocycles. The van der Waals surface area contributed by atoms with Gasteiger partial charge in [-0.15, -0.1) is 0 Å². The van der Waals surface area contributed by atoms with Gasteiger partial charge >= 0.3 is 0 Å². The SMILES string of the molecule is C[C@H](F)[C@H](F)CNc1ncc(-c2ccccn2)c(NC2CCC(O)CC2)n1. The molecule has 0 bridgehead atoms. The van der Waals surface area contributed by atoms with E-state index < -0.39 is 12.3 Å². The number of pyridine rings is 1. The van der Waals surface area contributed by atoms with Crippen molar-refractivity contribution >= 4 is 11.8 Å². The maximum atomic E-state index is 13.5. The quantitative estimate of drug-likeness (QED) is 0.686. The lowest BCUT2D eigenvalue weighted by molar-refractivity contribution is 0.126. The molecule has 1 saturated carbocycles. The molecule has 0 radical (unpaired) electrons. The Morgan fingerprint density at radius 2 is 1.96 bits per heavy atom. The van der Waals surface area contributed by atoms with Crippen molar-refractivity contribution in [1.82, 2.24) is 15.0 Å². The van der Waals surface area contributed by atoms with E-state index in [0.29, 0.717) is 5.82 Å². The lowest BCUT2D eigenvalue weighted by atomic mass is 9.93. The van der Waals surface area contributed by atoms with Crippen molar-refractivity contribution in [2.45, 2.75) is 57.1 Å². The fraction of sp³-hybridized carbons (Fsp3) is 0.526. The summed E-state index contributed by atoms with van der Waals surface area (Å²) >= 11 is 0. The molecule has 6 nitrogen and oxygen atoms in total. The van der Waals surface area contributed by atoms with E-state index in [1.54, 1.807) is 12.4 Å². The van der Waals surface area contributed by atoms with Crippen LogP contribution in [0.3, 0.4) is 0 Å². The van der Waals surface area contributed by atoms with Crippen LogP contribution in [0, 0.1) is 0 Å². The minimum absolute atomic E-state index is 0.179. The van der Waals surface area contributed by atoms with Crippen molar-refractivity contribution in [1.29, 1.82) is 0 Å². The van der Waals surface area contributed by atoms with E-state index in [1.165, 1.54) is 6.92 Å². The molecule has 1 aliphatic carbocycles. The first kappa shape index (κ1) is 19.4. The van der Waals surface area contributed by atoms with Crippen molar-refractivity contribution in [3.63, 3.8) is 0 Å². The Bertz CT molecular complexity index is 723. The van der Waals surface area contributed by atoms with E-state index in [1.807, 2.05) is 18.2 Å². The van der Waals surface area contributed by atoms with Crippen LogP contribution in [-0.4, -0.2) is 51.1 Å². The van der Waals surface area contributed by atoms with E-state index in [2.05, 4.69) is 25.6 Å². The number of nitrogens with zero attached hydrogens (tertiary/aromatic N) is 3. The third kappa shape index (κ3) is 5.32. The summed E-state index contributed by atoms with van der Waals surface area (Å²) in [6.45, 7) is 0.984. The Morgan fingerprint density at radius 3 is 2.63 bits per heavy atom. The van der Waals surface area contributed by atoms with E-state index >= 15 is 0 Å². The number of rotatable bonds is 7. The van der Waals surface area contributed by atoms with E-state index in [-0.39, 0.29) is 24.6 Å². The molecule has 0 spiro atoms. The van der Waals surface area contributed by atoms with Crippen molar-refractivity contribution in [2.24, 2.45) is 0 Å². The third-order valence-electron chi connectivity index (χ3n) is 4.72. The van der Waals surface area contributed by atoms with Gasteiger partial charge in [0, 0.05) is 18.4 Å². The Hall–Kier alpha value is -2.35. The summed E-state index contributed by atoms with van der Waals surface area (Å²) in [5.41, 5.74) is 1.46. The molecule has 3 rings (SSSR count). The first-order valence-electron chi connectivity index (χ1n) is 9.28. The molecule has 0 amide bonds. The molecule has 1 aliphatic rings. The molecule has 1 fully saturated rings. The van der Waals surface area contributed by atoms with Crippen molar-refractivity contribution in [2.75, 3.05) is 17.2 Å². The minimum atomic E-state index is -1.62. The molecule has 2 aromatic heterocycles. The Kier molecular flexibility index (Phi) is 6.49. The highest BCUT2D eigenvalue weighted by molar-refractivity contribution is 5.72. The van der Waals surface area contributed by atoms with Gasteiger partial charge in [0.15, 0.2) is 0 Å². The number of alkyl halides is 2. The normalized spacial score (nSPS) is 22.1. The third-order valence-corrected chi connectivity index (χ3v) is 4.72. The fourth-order valence-corrected chi connectivity index (χ4v) is 3.05. The predicted molar refractivity (Wildman–Crippen MR) is 101 cm³/mol. The summed E-state index contributed by atoms with van der Waals surface area (Å²) in [6.07, 6.45) is 3.04. The second-order valence-electron chi connectivity index (χ2n) is 6.90. The number of nitrogens with one attached hydrogen (secondary N) is 2. The van der Waals surface area contributed by atoms with Gasteiger partial charge in [-0.1, -0.05) is 6.07 Å². The van der Waals surface area contributed by atoms with Gasteiger partial charge in [-0.25, -0.2) is 13.8 Å². The molecular formula is C19H25F2N5O. The standard InChI is InChI=1S/C19H25F2N5O/c1-12(20)16(21)11-24-19-23-10-15(17-4-2-3-9-22-17)18(26-19)25-13-5-7-14(27)8-6-13/h2-4,9-10,12-14,16,27H,5-8,11H2,1H3,(H2,23,24,25,26)/t12-,13?,14?,16+/m0/s1. The number of hydrogen-bond donors (Lipinski definition) is 3. The zero-order valence-electron chi connectivity index (χ0n) is 15.3. The topological polar surface area (TPSA) is 83.0 Å². The van der Waals surface area contributed by atoms with Gasteiger partial charge in [0.1, 0.15) is 18.2 Å². The van der Waals surface area contributed by atoms with E-state index in [0.717, 1.165) is 36.9 Å². The van der Waals surface area contributed by atoms with Gasteiger partial charge in [-0.05, 0) is 44.7 Å². The van der Waals surface area contributed by atoms with Gasteiger partial charge in [-0.3, -0.25) is 4.98 Å². The van der Waals surface area contributed by atoms with Crippen LogP contribution in [0.25, 0.3) is 11.3 Å². The van der Waals surface area contributed by atoms with Gasteiger partial charge in [0.25, 0.3) is 0 Å². The fourth-order valence-electron chi connectivity index (χ4n) is 3.05. The van der Waals surface area contributed by atoms with Crippen LogP contribution in [0.15, 0.2) is 30.6 Å². The van der Waals surface area contributed by atoms with Crippen LogP contribution in [-0.2, 0) is 0 Å². The summed E-state index contributed by atoms with van der Waals surface area (Å²) in [5.74, 6) is 0.827. The number of hydrogen-bond acceptors (Lipinski definition) is 6. The molecule has 0 unspecified atom stereocenters. The predicted octanol–water partition coefficient (Wildman–Crippen LogP) is 3.36. The highest BCUT2D eigenvalue weighted by atomic mass is 19.2. The first-order chi connectivity index (χ1) is 13.0. The van der Waals surface area contributed by atoms with Gasteiger partial charge in [0.2, 0.25) is 5.95 Å². The Labute approximate surface area is 157 Å². The van der Waals surface area contributed by atoms with Crippen LogP contribution >= 0.6 is 0 Å². The molecule has 0 aliphatic heterocycles. The number of aliphatic hydroxyl groups is 1. The summed E-state index contributed by atoms with van der Waals surface area (Å²) < 4.78 is 26.5. The highest BCUT2D eigenvalue weighted by Gasteiger charge is 2.22. The maximum Gasteiger partial charge on any atom is 0.224 e. The van der Waals surface area contributed by atoms with Crippen molar-refractivity contribution < 1.29 is 13.9 Å². The summed E-state index contributed by atoms with van der Waals surface area (Å²) in [6, 6.07) is 5.75. The van der Waals surface area contributed by atoms with Gasteiger partial charge < -0.3 is 15.7 Å². The molecule has 3 N–H and O–H groups in total. The molecular weight excluding hydrogens is 352 g/mol. The lowest BCUT2D eigenvalue weighted by Gasteiger charge is -2.27. The summed E-state index contributed by atoms with van der Waals surface area (Å²) in [5, 5.41) is 15.9. The van der Waals surface area contributed by atoms with Crippen LogP contribution in [0.2, 0.25) is 0 Å². The molecule has 2 atom stereocenters. The maximum absolute atomic E-state index is 13.5. The smallest absolute Gasteiger partial charge is 0.224 e. The molecule has 2 aromatic rings. The molecule has 2 heterocycles. The molecule has 146 valence electrons.